The van der Waals surface area contributed by atoms with Crippen LogP contribution in [0.5, 0.6) is 5.75 Å². The van der Waals surface area contributed by atoms with E-state index in [0.717, 1.165) is 5.56 Å². The minimum atomic E-state index is -0.259. The van der Waals surface area contributed by atoms with Crippen LogP contribution in [0.4, 0.5) is 0 Å². The smallest absolute Gasteiger partial charge is 0.269 e. The summed E-state index contributed by atoms with van der Waals surface area (Å²) >= 11 is 0. The first-order valence-corrected chi connectivity index (χ1v) is 5.99. The summed E-state index contributed by atoms with van der Waals surface area (Å²) in [7, 11) is 1.58. The largest absolute Gasteiger partial charge is 0.497 e. The van der Waals surface area contributed by atoms with Gasteiger partial charge >= 0.3 is 0 Å². The van der Waals surface area contributed by atoms with Crippen molar-refractivity contribution in [1.82, 2.24) is 4.57 Å². The van der Waals surface area contributed by atoms with Crippen molar-refractivity contribution in [1.29, 1.82) is 5.26 Å². The summed E-state index contributed by atoms with van der Waals surface area (Å²) in [5.74, 6) is 0.695. The van der Waals surface area contributed by atoms with Gasteiger partial charge in [-0.3, -0.25) is 4.79 Å². The first-order chi connectivity index (χ1) is 9.21. The Morgan fingerprint density at radius 1 is 1.37 bits per heavy atom. The van der Waals surface area contributed by atoms with Crippen LogP contribution in [0.2, 0.25) is 0 Å². The molecule has 1 aromatic heterocycles. The molecule has 0 radical (unpaired) electrons. The highest BCUT2D eigenvalue weighted by Gasteiger charge is 2.11. The van der Waals surface area contributed by atoms with Gasteiger partial charge in [0, 0.05) is 18.3 Å². The maximum absolute atomic E-state index is 12.1. The Morgan fingerprint density at radius 2 is 2.16 bits per heavy atom. The zero-order valence-electron chi connectivity index (χ0n) is 10.9. The van der Waals surface area contributed by atoms with Gasteiger partial charge < -0.3 is 9.30 Å². The van der Waals surface area contributed by atoms with Gasteiger partial charge in [-0.1, -0.05) is 12.1 Å². The second-order valence-electron chi connectivity index (χ2n) is 4.04. The van der Waals surface area contributed by atoms with Gasteiger partial charge in [0.05, 0.1) is 7.11 Å². The molecule has 0 saturated heterocycles. The molecule has 0 fully saturated rings. The Kier molecular flexibility index (Phi) is 3.67. The number of hydrogen-bond donors (Lipinski definition) is 0. The Bertz CT molecular complexity index is 696. The van der Waals surface area contributed by atoms with E-state index >= 15 is 0 Å². The standard InChI is InChI=1S/C15H14N2O2/c1-3-17-8-7-13(14(10-16)15(17)18)11-5-4-6-12(9-11)19-2/h4-9H,3H2,1-2H3. The Labute approximate surface area is 111 Å². The minimum Gasteiger partial charge on any atom is -0.497 e. The lowest BCUT2D eigenvalue weighted by Gasteiger charge is -2.08. The van der Waals surface area contributed by atoms with E-state index in [-0.39, 0.29) is 11.1 Å². The third kappa shape index (κ3) is 2.36. The molecule has 0 spiro atoms. The summed E-state index contributed by atoms with van der Waals surface area (Å²) in [6.07, 6.45) is 1.71. The summed E-state index contributed by atoms with van der Waals surface area (Å²) in [6, 6.07) is 11.1. The molecule has 4 nitrogen and oxygen atoms in total. The van der Waals surface area contributed by atoms with Gasteiger partial charge in [0.25, 0.3) is 5.56 Å². The first-order valence-electron chi connectivity index (χ1n) is 5.99. The molecule has 0 unspecified atom stereocenters. The van der Waals surface area contributed by atoms with E-state index in [0.29, 0.717) is 17.9 Å². The van der Waals surface area contributed by atoms with E-state index in [4.69, 9.17) is 4.74 Å². The van der Waals surface area contributed by atoms with Crippen LogP contribution in [-0.2, 0) is 6.54 Å². The molecule has 0 aliphatic heterocycles. The normalized spacial score (nSPS) is 9.95. The fourth-order valence-corrected chi connectivity index (χ4v) is 1.96. The van der Waals surface area contributed by atoms with Gasteiger partial charge in [-0.2, -0.15) is 5.26 Å². The Hall–Kier alpha value is -2.54. The van der Waals surface area contributed by atoms with Gasteiger partial charge in [-0.05, 0) is 30.7 Å². The van der Waals surface area contributed by atoms with E-state index in [1.807, 2.05) is 37.3 Å². The number of rotatable bonds is 3. The average Bonchev–Trinajstić information content (AvgIpc) is 2.47. The molecule has 19 heavy (non-hydrogen) atoms. The van der Waals surface area contributed by atoms with Gasteiger partial charge in [-0.15, -0.1) is 0 Å². The van der Waals surface area contributed by atoms with Crippen molar-refractivity contribution in [3.8, 4) is 22.9 Å². The van der Waals surface area contributed by atoms with Crippen molar-refractivity contribution < 1.29 is 4.74 Å². The number of ether oxygens (including phenoxy) is 1. The molecule has 0 atom stereocenters. The van der Waals surface area contributed by atoms with Gasteiger partial charge in [-0.25, -0.2) is 0 Å². The lowest BCUT2D eigenvalue weighted by Crippen LogP contribution is -2.21. The number of benzene rings is 1. The third-order valence-corrected chi connectivity index (χ3v) is 3.00. The number of nitrogens with zero attached hydrogens (tertiary/aromatic N) is 2. The van der Waals surface area contributed by atoms with Crippen molar-refractivity contribution in [2.75, 3.05) is 7.11 Å². The molecule has 0 saturated carbocycles. The average molecular weight is 254 g/mol. The van der Waals surface area contributed by atoms with E-state index in [9.17, 15) is 10.1 Å². The molecular formula is C15H14N2O2. The number of nitriles is 1. The summed E-state index contributed by atoms with van der Waals surface area (Å²) in [4.78, 5) is 12.1. The number of pyridine rings is 1. The van der Waals surface area contributed by atoms with Crippen LogP contribution in [0.3, 0.4) is 0 Å². The van der Waals surface area contributed by atoms with Crippen molar-refractivity contribution in [2.24, 2.45) is 0 Å². The number of methoxy groups -OCH3 is 1. The highest BCUT2D eigenvalue weighted by molar-refractivity contribution is 5.70. The van der Waals surface area contributed by atoms with Gasteiger partial charge in [0.2, 0.25) is 0 Å². The van der Waals surface area contributed by atoms with Crippen molar-refractivity contribution >= 4 is 0 Å². The predicted octanol–water partition coefficient (Wildman–Crippen LogP) is 2.42. The molecule has 2 aromatic rings. The number of aromatic nitrogens is 1. The van der Waals surface area contributed by atoms with Crippen LogP contribution in [-0.4, -0.2) is 11.7 Å². The summed E-state index contributed by atoms with van der Waals surface area (Å²) in [6.45, 7) is 2.42. The molecule has 96 valence electrons. The Morgan fingerprint density at radius 3 is 2.79 bits per heavy atom. The molecular weight excluding hydrogens is 240 g/mol. The highest BCUT2D eigenvalue weighted by Crippen LogP contribution is 2.24. The first kappa shape index (κ1) is 12.9. The topological polar surface area (TPSA) is 55.0 Å². The van der Waals surface area contributed by atoms with Crippen LogP contribution in [0.15, 0.2) is 41.3 Å². The zero-order valence-corrected chi connectivity index (χ0v) is 10.9. The van der Waals surface area contributed by atoms with Crippen LogP contribution in [0.1, 0.15) is 12.5 Å². The highest BCUT2D eigenvalue weighted by atomic mass is 16.5. The van der Waals surface area contributed by atoms with Crippen LogP contribution in [0.25, 0.3) is 11.1 Å². The van der Waals surface area contributed by atoms with Crippen molar-refractivity contribution in [2.45, 2.75) is 13.5 Å². The molecule has 1 heterocycles. The molecule has 0 amide bonds. The van der Waals surface area contributed by atoms with Crippen molar-refractivity contribution in [3.63, 3.8) is 0 Å². The fourth-order valence-electron chi connectivity index (χ4n) is 1.96. The number of aryl methyl sites for hydroxylation is 1. The molecule has 0 N–H and O–H groups in total. The van der Waals surface area contributed by atoms with E-state index < -0.39 is 0 Å². The zero-order chi connectivity index (χ0) is 13.8. The van der Waals surface area contributed by atoms with Gasteiger partial charge in [0.15, 0.2) is 0 Å². The lowest BCUT2D eigenvalue weighted by molar-refractivity contribution is 0.415. The van der Waals surface area contributed by atoms with E-state index in [2.05, 4.69) is 0 Å². The van der Waals surface area contributed by atoms with Crippen molar-refractivity contribution in [3.05, 3.63) is 52.4 Å². The molecule has 0 aliphatic rings. The maximum Gasteiger partial charge on any atom is 0.269 e. The maximum atomic E-state index is 12.1. The number of hydrogen-bond acceptors (Lipinski definition) is 3. The SMILES string of the molecule is CCn1ccc(-c2cccc(OC)c2)c(C#N)c1=O. The second-order valence-corrected chi connectivity index (χ2v) is 4.04. The third-order valence-electron chi connectivity index (χ3n) is 3.00. The van der Waals surface area contributed by atoms with Gasteiger partial charge in [0.1, 0.15) is 17.4 Å². The predicted molar refractivity (Wildman–Crippen MR) is 73.1 cm³/mol. The van der Waals surface area contributed by atoms with E-state index in [1.165, 1.54) is 4.57 Å². The minimum absolute atomic E-state index is 0.164. The fraction of sp³-hybridized carbons (Fsp3) is 0.200. The molecule has 4 heteroatoms. The summed E-state index contributed by atoms with van der Waals surface area (Å²) in [5.41, 5.74) is 1.34. The molecule has 2 rings (SSSR count). The summed E-state index contributed by atoms with van der Waals surface area (Å²) in [5, 5.41) is 9.21. The van der Waals surface area contributed by atoms with Crippen LogP contribution < -0.4 is 10.3 Å². The quantitative estimate of drug-likeness (QED) is 0.845. The molecule has 0 bridgehead atoms. The van der Waals surface area contributed by atoms with Crippen LogP contribution >= 0.6 is 0 Å². The monoisotopic (exact) mass is 254 g/mol. The van der Waals surface area contributed by atoms with Crippen LogP contribution in [0, 0.1) is 11.3 Å². The molecule has 1 aromatic carbocycles. The molecule has 0 aliphatic carbocycles. The second kappa shape index (κ2) is 5.40. The van der Waals surface area contributed by atoms with E-state index in [1.54, 1.807) is 19.4 Å². The Balaban J connectivity index is 2.66. The lowest BCUT2D eigenvalue weighted by atomic mass is 10.0. The summed E-state index contributed by atoms with van der Waals surface area (Å²) < 4.78 is 6.67.